The molecule has 0 aromatic carbocycles. The monoisotopic (exact) mass is 356 g/mol. The van der Waals surface area contributed by atoms with E-state index in [9.17, 15) is 9.59 Å². The van der Waals surface area contributed by atoms with Crippen molar-refractivity contribution >= 4 is 11.9 Å². The predicted octanol–water partition coefficient (Wildman–Crippen LogP) is 5.82. The molecule has 0 saturated heterocycles. The van der Waals surface area contributed by atoms with E-state index in [4.69, 9.17) is 9.47 Å². The van der Waals surface area contributed by atoms with Gasteiger partial charge in [0.1, 0.15) is 6.10 Å². The average molecular weight is 357 g/mol. The summed E-state index contributed by atoms with van der Waals surface area (Å²) in [5, 5.41) is 0. The van der Waals surface area contributed by atoms with Gasteiger partial charge in [-0.15, -0.1) is 0 Å². The molecule has 1 unspecified atom stereocenters. The highest BCUT2D eigenvalue weighted by atomic mass is 16.5. The highest BCUT2D eigenvalue weighted by Gasteiger charge is 2.12. The lowest BCUT2D eigenvalue weighted by Gasteiger charge is -2.16. The van der Waals surface area contributed by atoms with Crippen molar-refractivity contribution in [3.8, 4) is 0 Å². The molecule has 0 saturated carbocycles. The number of ether oxygens (including phenoxy) is 2. The van der Waals surface area contributed by atoms with Crippen molar-refractivity contribution in [2.75, 3.05) is 6.61 Å². The fourth-order valence-electron chi connectivity index (χ4n) is 2.44. The maximum Gasteiger partial charge on any atom is 0.306 e. The van der Waals surface area contributed by atoms with Crippen LogP contribution in [0.4, 0.5) is 0 Å². The van der Waals surface area contributed by atoms with Crippen LogP contribution in [0.15, 0.2) is 0 Å². The molecular weight excluding hydrogens is 316 g/mol. The molecule has 1 atom stereocenters. The van der Waals surface area contributed by atoms with Gasteiger partial charge in [-0.2, -0.15) is 0 Å². The van der Waals surface area contributed by atoms with E-state index in [1.165, 1.54) is 12.8 Å². The summed E-state index contributed by atoms with van der Waals surface area (Å²) in [6, 6.07) is 0. The molecule has 0 N–H and O–H groups in total. The zero-order valence-electron chi connectivity index (χ0n) is 17.0. The number of esters is 2. The van der Waals surface area contributed by atoms with Crippen LogP contribution in [-0.2, 0) is 19.1 Å². The Morgan fingerprint density at radius 3 is 1.80 bits per heavy atom. The minimum atomic E-state index is -0.0807. The van der Waals surface area contributed by atoms with Gasteiger partial charge in [-0.05, 0) is 32.1 Å². The van der Waals surface area contributed by atoms with Gasteiger partial charge in [0.15, 0.2) is 0 Å². The van der Waals surface area contributed by atoms with Gasteiger partial charge in [0, 0.05) is 12.8 Å². The summed E-state index contributed by atoms with van der Waals surface area (Å²) >= 11 is 0. The van der Waals surface area contributed by atoms with Crippen LogP contribution < -0.4 is 0 Å². The Hall–Kier alpha value is -1.06. The van der Waals surface area contributed by atoms with Gasteiger partial charge >= 0.3 is 11.9 Å². The van der Waals surface area contributed by atoms with Gasteiger partial charge in [-0.25, -0.2) is 0 Å². The third-order valence-electron chi connectivity index (χ3n) is 4.53. The molecule has 0 aliphatic rings. The summed E-state index contributed by atoms with van der Waals surface area (Å²) in [7, 11) is 0. The van der Waals surface area contributed by atoms with E-state index in [-0.39, 0.29) is 18.0 Å². The minimum Gasteiger partial charge on any atom is -0.466 e. The lowest BCUT2D eigenvalue weighted by molar-refractivity contribution is -0.150. The first kappa shape index (κ1) is 23.9. The molecule has 0 aliphatic carbocycles. The number of hydrogen-bond acceptors (Lipinski definition) is 4. The molecule has 0 bridgehead atoms. The van der Waals surface area contributed by atoms with E-state index >= 15 is 0 Å². The second-order valence-electron chi connectivity index (χ2n) is 7.34. The van der Waals surface area contributed by atoms with Crippen molar-refractivity contribution in [3.05, 3.63) is 0 Å². The highest BCUT2D eigenvalue weighted by molar-refractivity contribution is 5.69. The Bertz CT molecular complexity index is 339. The molecule has 148 valence electrons. The minimum absolute atomic E-state index is 0.00102. The van der Waals surface area contributed by atoms with E-state index in [0.29, 0.717) is 25.4 Å². The van der Waals surface area contributed by atoms with Crippen LogP contribution in [0.1, 0.15) is 105 Å². The van der Waals surface area contributed by atoms with E-state index in [2.05, 4.69) is 20.8 Å². The molecule has 4 heteroatoms. The highest BCUT2D eigenvalue weighted by Crippen LogP contribution is 2.12. The van der Waals surface area contributed by atoms with Gasteiger partial charge in [0.05, 0.1) is 6.61 Å². The molecule has 0 spiro atoms. The van der Waals surface area contributed by atoms with E-state index in [1.807, 2.05) is 6.92 Å². The Balaban J connectivity index is 3.35. The van der Waals surface area contributed by atoms with Gasteiger partial charge in [0.2, 0.25) is 0 Å². The predicted molar refractivity (Wildman–Crippen MR) is 102 cm³/mol. The molecule has 0 aliphatic heterocycles. The number of carbonyl (C=O) groups is 2. The zero-order valence-corrected chi connectivity index (χ0v) is 17.0. The van der Waals surface area contributed by atoms with Gasteiger partial charge in [0.25, 0.3) is 0 Å². The lowest BCUT2D eigenvalue weighted by atomic mass is 10.1. The zero-order chi connectivity index (χ0) is 18.9. The van der Waals surface area contributed by atoms with Crippen LogP contribution in [0.5, 0.6) is 0 Å². The number of hydrogen-bond donors (Lipinski definition) is 0. The first-order valence-electron chi connectivity index (χ1n) is 10.3. The van der Waals surface area contributed by atoms with Crippen molar-refractivity contribution in [2.45, 2.75) is 111 Å². The summed E-state index contributed by atoms with van der Waals surface area (Å²) in [4.78, 5) is 23.2. The Morgan fingerprint density at radius 2 is 1.24 bits per heavy atom. The molecule has 4 nitrogen and oxygen atoms in total. The first-order chi connectivity index (χ1) is 12.0. The quantitative estimate of drug-likeness (QED) is 0.258. The Morgan fingerprint density at radius 1 is 0.720 bits per heavy atom. The van der Waals surface area contributed by atoms with Gasteiger partial charge in [-0.1, -0.05) is 65.7 Å². The molecule has 0 rings (SSSR count). The summed E-state index contributed by atoms with van der Waals surface area (Å²) in [5.41, 5.74) is 0. The van der Waals surface area contributed by atoms with Crippen LogP contribution in [-0.4, -0.2) is 24.6 Å². The molecular formula is C21H40O4. The largest absolute Gasteiger partial charge is 0.466 e. The molecule has 0 amide bonds. The van der Waals surface area contributed by atoms with Crippen LogP contribution in [0.2, 0.25) is 0 Å². The van der Waals surface area contributed by atoms with Crippen LogP contribution in [0, 0.1) is 5.92 Å². The third-order valence-corrected chi connectivity index (χ3v) is 4.53. The van der Waals surface area contributed by atoms with E-state index < -0.39 is 0 Å². The van der Waals surface area contributed by atoms with Crippen molar-refractivity contribution < 1.29 is 19.1 Å². The van der Waals surface area contributed by atoms with Gasteiger partial charge in [-0.3, -0.25) is 9.59 Å². The second-order valence-corrected chi connectivity index (χ2v) is 7.34. The smallest absolute Gasteiger partial charge is 0.306 e. The van der Waals surface area contributed by atoms with Crippen molar-refractivity contribution in [3.63, 3.8) is 0 Å². The van der Waals surface area contributed by atoms with E-state index in [0.717, 1.165) is 51.4 Å². The fourth-order valence-corrected chi connectivity index (χ4v) is 2.44. The molecule has 0 aromatic heterocycles. The first-order valence-corrected chi connectivity index (χ1v) is 10.3. The Kier molecular flexibility index (Phi) is 15.7. The molecule has 0 fully saturated rings. The summed E-state index contributed by atoms with van der Waals surface area (Å²) in [6.07, 6.45) is 11.7. The summed E-state index contributed by atoms with van der Waals surface area (Å²) in [5.74, 6) is 0.230. The summed E-state index contributed by atoms with van der Waals surface area (Å²) in [6.45, 7) is 8.80. The Labute approximate surface area is 155 Å². The van der Waals surface area contributed by atoms with Crippen molar-refractivity contribution in [2.24, 2.45) is 5.92 Å². The van der Waals surface area contributed by atoms with Crippen molar-refractivity contribution in [1.29, 1.82) is 0 Å². The fraction of sp³-hybridized carbons (Fsp3) is 0.905. The summed E-state index contributed by atoms with van der Waals surface area (Å²) < 4.78 is 10.6. The lowest BCUT2D eigenvalue weighted by Crippen LogP contribution is -2.19. The van der Waals surface area contributed by atoms with Gasteiger partial charge < -0.3 is 9.47 Å². The number of unbranched alkanes of at least 4 members (excludes halogenated alkanes) is 8. The topological polar surface area (TPSA) is 52.6 Å². The molecule has 25 heavy (non-hydrogen) atoms. The maximum absolute atomic E-state index is 11.6. The number of carbonyl (C=O) groups excluding carboxylic acids is 2. The normalized spacial score (nSPS) is 12.2. The molecule has 0 radical (unpaired) electrons. The number of rotatable bonds is 16. The molecule has 0 aromatic rings. The van der Waals surface area contributed by atoms with Crippen molar-refractivity contribution in [1.82, 2.24) is 0 Å². The van der Waals surface area contributed by atoms with Crippen LogP contribution >= 0.6 is 0 Å². The third kappa shape index (κ3) is 16.2. The molecule has 0 heterocycles. The standard InChI is InChI=1S/C21H40O4/c1-5-6-7-14-17-24-20(22)15-12-10-8-9-11-13-16-21(23)25-19(4)18(2)3/h18-19H,5-17H2,1-4H3. The SMILES string of the molecule is CCCCCCOC(=O)CCCCCCCCC(=O)OC(C)C(C)C. The second kappa shape index (κ2) is 16.4. The maximum atomic E-state index is 11.6. The van der Waals surface area contributed by atoms with Crippen LogP contribution in [0.3, 0.4) is 0 Å². The average Bonchev–Trinajstić information content (AvgIpc) is 2.56. The van der Waals surface area contributed by atoms with Crippen LogP contribution in [0.25, 0.3) is 0 Å². The van der Waals surface area contributed by atoms with E-state index in [1.54, 1.807) is 0 Å².